The van der Waals surface area contributed by atoms with Gasteiger partial charge in [0, 0.05) is 12.8 Å². The summed E-state index contributed by atoms with van der Waals surface area (Å²) in [7, 11) is 0. The van der Waals surface area contributed by atoms with Crippen LogP contribution >= 0.6 is 0 Å². The molecule has 0 aliphatic rings. The van der Waals surface area contributed by atoms with Crippen LogP contribution < -0.4 is 0 Å². The monoisotopic (exact) mass is 675 g/mol. The predicted octanol–water partition coefficient (Wildman–Crippen LogP) is 12.8. The van der Waals surface area contributed by atoms with E-state index < -0.39 is 6.10 Å². The van der Waals surface area contributed by atoms with Gasteiger partial charge in [-0.05, 0) is 51.4 Å². The first kappa shape index (κ1) is 46.1. The third-order valence-electron chi connectivity index (χ3n) is 8.94. The van der Waals surface area contributed by atoms with Crippen molar-refractivity contribution >= 4 is 11.9 Å². The quantitative estimate of drug-likeness (QED) is 0.0403. The third kappa shape index (κ3) is 36.9. The van der Waals surface area contributed by atoms with E-state index in [9.17, 15) is 14.7 Å². The minimum atomic E-state index is -0.771. The van der Waals surface area contributed by atoms with Crippen LogP contribution in [0.1, 0.15) is 206 Å². The summed E-state index contributed by atoms with van der Waals surface area (Å²) in [5, 5.41) is 9.54. The average Bonchev–Trinajstić information content (AvgIpc) is 3.09. The zero-order valence-corrected chi connectivity index (χ0v) is 31.7. The van der Waals surface area contributed by atoms with E-state index in [2.05, 4.69) is 50.3 Å². The van der Waals surface area contributed by atoms with Gasteiger partial charge < -0.3 is 14.6 Å². The fourth-order valence-corrected chi connectivity index (χ4v) is 5.80. The van der Waals surface area contributed by atoms with Crippen LogP contribution in [0, 0.1) is 0 Å². The standard InChI is InChI=1S/C43H78O5/c1-3-5-7-9-11-13-15-16-17-18-19-20-21-22-23-24-25-26-28-30-32-34-36-38-43(46)48-41(39-44)40-47-42(45)37-35-33-31-29-27-14-12-10-8-6-4-2/h15-16,18-19,21-22,41,44H,3-14,17,20,23-40H2,1-2H3/b16-15-,19-18-,22-21-. The lowest BCUT2D eigenvalue weighted by Crippen LogP contribution is -2.28. The van der Waals surface area contributed by atoms with Gasteiger partial charge in [-0.1, -0.05) is 179 Å². The average molecular weight is 675 g/mol. The Labute approximate surface area is 297 Å². The van der Waals surface area contributed by atoms with E-state index in [0.717, 1.165) is 51.4 Å². The first-order valence-corrected chi connectivity index (χ1v) is 20.5. The van der Waals surface area contributed by atoms with Gasteiger partial charge in [0.2, 0.25) is 0 Å². The van der Waals surface area contributed by atoms with Crippen molar-refractivity contribution < 1.29 is 24.2 Å². The summed E-state index contributed by atoms with van der Waals surface area (Å²) in [6.07, 6.45) is 47.8. The van der Waals surface area contributed by atoms with Crippen LogP contribution in [0.25, 0.3) is 0 Å². The molecule has 0 bridgehead atoms. The van der Waals surface area contributed by atoms with E-state index >= 15 is 0 Å². The number of hydrogen-bond donors (Lipinski definition) is 1. The smallest absolute Gasteiger partial charge is 0.306 e. The second-order valence-corrected chi connectivity index (χ2v) is 13.7. The Morgan fingerprint density at radius 2 is 0.833 bits per heavy atom. The van der Waals surface area contributed by atoms with Crippen LogP contribution in [0.15, 0.2) is 36.5 Å². The first-order valence-electron chi connectivity index (χ1n) is 20.5. The zero-order chi connectivity index (χ0) is 35.0. The summed E-state index contributed by atoms with van der Waals surface area (Å²) in [6, 6.07) is 0. The van der Waals surface area contributed by atoms with E-state index in [-0.39, 0.29) is 25.2 Å². The van der Waals surface area contributed by atoms with Crippen LogP contribution in [-0.4, -0.2) is 36.4 Å². The van der Waals surface area contributed by atoms with E-state index in [0.29, 0.717) is 12.8 Å². The number of unbranched alkanes of at least 4 members (excludes halogenated alkanes) is 23. The molecule has 0 aliphatic carbocycles. The number of esters is 2. The summed E-state index contributed by atoms with van der Waals surface area (Å²) in [6.45, 7) is 4.11. The van der Waals surface area contributed by atoms with Crippen LogP contribution in [-0.2, 0) is 19.1 Å². The largest absolute Gasteiger partial charge is 0.462 e. The van der Waals surface area contributed by atoms with Gasteiger partial charge in [-0.15, -0.1) is 0 Å². The lowest BCUT2D eigenvalue weighted by Gasteiger charge is -2.15. The maximum atomic E-state index is 12.2. The molecule has 0 aromatic rings. The maximum Gasteiger partial charge on any atom is 0.306 e. The Hall–Kier alpha value is -1.88. The molecule has 0 radical (unpaired) electrons. The molecule has 0 rings (SSSR count). The highest BCUT2D eigenvalue weighted by Crippen LogP contribution is 2.14. The molecule has 0 fully saturated rings. The topological polar surface area (TPSA) is 72.8 Å². The van der Waals surface area contributed by atoms with Crippen molar-refractivity contribution in [2.45, 2.75) is 213 Å². The molecule has 0 saturated heterocycles. The summed E-state index contributed by atoms with van der Waals surface area (Å²) in [5.41, 5.74) is 0. The molecule has 48 heavy (non-hydrogen) atoms. The molecular weight excluding hydrogens is 596 g/mol. The van der Waals surface area contributed by atoms with E-state index in [1.807, 2.05) is 0 Å². The molecule has 0 aliphatic heterocycles. The molecule has 280 valence electrons. The van der Waals surface area contributed by atoms with Crippen molar-refractivity contribution in [3.05, 3.63) is 36.5 Å². The number of aliphatic hydroxyl groups excluding tert-OH is 1. The van der Waals surface area contributed by atoms with Gasteiger partial charge >= 0.3 is 11.9 Å². The van der Waals surface area contributed by atoms with E-state index in [4.69, 9.17) is 9.47 Å². The van der Waals surface area contributed by atoms with E-state index in [1.165, 1.54) is 128 Å². The van der Waals surface area contributed by atoms with Gasteiger partial charge in [0.1, 0.15) is 6.61 Å². The highest BCUT2D eigenvalue weighted by atomic mass is 16.6. The minimum Gasteiger partial charge on any atom is -0.462 e. The molecule has 0 aromatic heterocycles. The fraction of sp³-hybridized carbons (Fsp3) is 0.814. The van der Waals surface area contributed by atoms with Crippen molar-refractivity contribution in [1.82, 2.24) is 0 Å². The molecule has 0 heterocycles. The predicted molar refractivity (Wildman–Crippen MR) is 205 cm³/mol. The van der Waals surface area contributed by atoms with Crippen LogP contribution in [0.5, 0.6) is 0 Å². The lowest BCUT2D eigenvalue weighted by atomic mass is 10.1. The van der Waals surface area contributed by atoms with Crippen molar-refractivity contribution in [2.75, 3.05) is 13.2 Å². The van der Waals surface area contributed by atoms with Crippen molar-refractivity contribution in [3.63, 3.8) is 0 Å². The van der Waals surface area contributed by atoms with Crippen molar-refractivity contribution in [3.8, 4) is 0 Å². The molecule has 0 amide bonds. The van der Waals surface area contributed by atoms with Gasteiger partial charge in [0.05, 0.1) is 6.61 Å². The molecule has 1 N–H and O–H groups in total. The Kier molecular flexibility index (Phi) is 38.0. The third-order valence-corrected chi connectivity index (χ3v) is 8.94. The van der Waals surface area contributed by atoms with Gasteiger partial charge in [-0.3, -0.25) is 9.59 Å². The van der Waals surface area contributed by atoms with Crippen LogP contribution in [0.4, 0.5) is 0 Å². The Morgan fingerprint density at radius 3 is 1.25 bits per heavy atom. The molecule has 1 atom stereocenters. The second-order valence-electron chi connectivity index (χ2n) is 13.7. The van der Waals surface area contributed by atoms with Crippen LogP contribution in [0.2, 0.25) is 0 Å². The molecule has 5 heteroatoms. The highest BCUT2D eigenvalue weighted by molar-refractivity contribution is 5.70. The number of hydrogen-bond acceptors (Lipinski definition) is 5. The number of carbonyl (C=O) groups excluding carboxylic acids is 2. The normalized spacial score (nSPS) is 12.5. The number of ether oxygens (including phenoxy) is 2. The van der Waals surface area contributed by atoms with Crippen molar-refractivity contribution in [1.29, 1.82) is 0 Å². The molecule has 0 saturated carbocycles. The Bertz CT molecular complexity index is 771. The summed E-state index contributed by atoms with van der Waals surface area (Å²) in [5.74, 6) is -0.596. The summed E-state index contributed by atoms with van der Waals surface area (Å²) in [4.78, 5) is 24.2. The van der Waals surface area contributed by atoms with Crippen LogP contribution in [0.3, 0.4) is 0 Å². The molecule has 0 spiro atoms. The minimum absolute atomic E-state index is 0.0663. The number of carbonyl (C=O) groups is 2. The summed E-state index contributed by atoms with van der Waals surface area (Å²) < 4.78 is 10.6. The number of allylic oxidation sites excluding steroid dienone is 6. The number of aliphatic hydroxyl groups is 1. The molecular formula is C43H78O5. The zero-order valence-electron chi connectivity index (χ0n) is 31.7. The Morgan fingerprint density at radius 1 is 0.479 bits per heavy atom. The lowest BCUT2D eigenvalue weighted by molar-refractivity contribution is -0.161. The van der Waals surface area contributed by atoms with Gasteiger partial charge in [0.15, 0.2) is 6.10 Å². The molecule has 1 unspecified atom stereocenters. The SMILES string of the molecule is CCCCCCC/C=C\C/C=C\C/C=C\CCCCCCCCCCC(=O)OC(CO)COC(=O)CCCCCCCCCCCCC. The molecule has 5 nitrogen and oxygen atoms in total. The second kappa shape index (κ2) is 39.6. The highest BCUT2D eigenvalue weighted by Gasteiger charge is 2.16. The van der Waals surface area contributed by atoms with Gasteiger partial charge in [-0.2, -0.15) is 0 Å². The summed E-state index contributed by atoms with van der Waals surface area (Å²) >= 11 is 0. The maximum absolute atomic E-state index is 12.2. The van der Waals surface area contributed by atoms with Gasteiger partial charge in [0.25, 0.3) is 0 Å². The first-order chi connectivity index (χ1) is 23.6. The van der Waals surface area contributed by atoms with Gasteiger partial charge in [-0.25, -0.2) is 0 Å². The fourth-order valence-electron chi connectivity index (χ4n) is 5.80. The van der Waals surface area contributed by atoms with E-state index in [1.54, 1.807) is 0 Å². The molecule has 0 aromatic carbocycles. The number of rotatable bonds is 37. The van der Waals surface area contributed by atoms with Crippen molar-refractivity contribution in [2.24, 2.45) is 0 Å². The Balaban J connectivity index is 3.55.